The van der Waals surface area contributed by atoms with Crippen LogP contribution in [-0.4, -0.2) is 21.2 Å². The van der Waals surface area contributed by atoms with Crippen molar-refractivity contribution in [3.05, 3.63) is 138 Å². The fourth-order valence-electron chi connectivity index (χ4n) is 4.11. The molecule has 0 radical (unpaired) electrons. The minimum Gasteiger partial charge on any atom is -0.342 e. The fraction of sp³-hybridized carbons (Fsp3) is 0.103. The van der Waals surface area contributed by atoms with E-state index in [2.05, 4.69) is 95.8 Å². The lowest BCUT2D eigenvalue weighted by atomic mass is 9.98. The van der Waals surface area contributed by atoms with E-state index < -0.39 is 0 Å². The molecular formula is C29H26N4. The minimum absolute atomic E-state index is 0.0527. The average Bonchev–Trinajstić information content (AvgIpc) is 3.08. The molecule has 162 valence electrons. The van der Waals surface area contributed by atoms with Crippen molar-refractivity contribution in [3.8, 4) is 11.4 Å². The number of aryl methyl sites for hydroxylation is 1. The van der Waals surface area contributed by atoms with Crippen molar-refractivity contribution in [1.29, 1.82) is 0 Å². The first kappa shape index (κ1) is 20.7. The summed E-state index contributed by atoms with van der Waals surface area (Å²) in [5.74, 6) is 0.895. The summed E-state index contributed by atoms with van der Waals surface area (Å²) in [6, 6.07) is 31.3. The molecule has 4 aromatic rings. The molecule has 0 spiro atoms. The average molecular weight is 431 g/mol. The van der Waals surface area contributed by atoms with Gasteiger partial charge in [0.1, 0.15) is 5.82 Å². The highest BCUT2D eigenvalue weighted by atomic mass is 15.2. The molecule has 2 heterocycles. The first-order valence-corrected chi connectivity index (χ1v) is 11.2. The van der Waals surface area contributed by atoms with Gasteiger partial charge in [-0.3, -0.25) is 0 Å². The summed E-state index contributed by atoms with van der Waals surface area (Å²) in [7, 11) is 0. The molecule has 0 atom stereocenters. The number of H-pyrrole nitrogens is 1. The molecule has 0 saturated carbocycles. The van der Waals surface area contributed by atoms with Crippen LogP contribution in [-0.2, 0) is 6.42 Å². The summed E-state index contributed by atoms with van der Waals surface area (Å²) in [4.78, 5) is 15.3. The van der Waals surface area contributed by atoms with Crippen molar-refractivity contribution in [2.24, 2.45) is 4.99 Å². The van der Waals surface area contributed by atoms with Crippen molar-refractivity contribution < 1.29 is 0 Å². The van der Waals surface area contributed by atoms with Crippen molar-refractivity contribution in [2.75, 3.05) is 0 Å². The van der Waals surface area contributed by atoms with Crippen LogP contribution < -0.4 is 0 Å². The molecule has 33 heavy (non-hydrogen) atoms. The van der Waals surface area contributed by atoms with Crippen LogP contribution in [0, 0.1) is 6.92 Å². The highest BCUT2D eigenvalue weighted by Crippen LogP contribution is 2.29. The Bertz CT molecular complexity index is 1250. The van der Waals surface area contributed by atoms with Crippen LogP contribution in [0.3, 0.4) is 0 Å². The maximum absolute atomic E-state index is 4.85. The number of hydrogen-bond acceptors (Lipinski definition) is 3. The van der Waals surface area contributed by atoms with Crippen LogP contribution in [0.15, 0.2) is 120 Å². The van der Waals surface area contributed by atoms with Gasteiger partial charge in [-0.2, -0.15) is 0 Å². The first-order chi connectivity index (χ1) is 16.3. The smallest absolute Gasteiger partial charge is 0.137 e. The lowest BCUT2D eigenvalue weighted by Gasteiger charge is -2.27. The standard InChI is InChI=1S/C29H26N4/c1-22-27(32-29(31-22)25-16-9-4-10-17-25)20-26-18-11-19-33(21-30-26)28(23-12-5-2-6-13-23)24-14-7-3-8-15-24/h2-19,21,28H,20H2,1H3,(H,31,32). The Balaban J connectivity index is 1.39. The maximum atomic E-state index is 4.85. The molecule has 0 saturated heterocycles. The molecule has 4 nitrogen and oxygen atoms in total. The van der Waals surface area contributed by atoms with Crippen molar-refractivity contribution in [1.82, 2.24) is 14.9 Å². The van der Waals surface area contributed by atoms with Crippen molar-refractivity contribution >= 4 is 6.34 Å². The van der Waals surface area contributed by atoms with Gasteiger partial charge in [0.15, 0.2) is 0 Å². The number of nitrogens with one attached hydrogen (secondary N) is 1. The van der Waals surface area contributed by atoms with Crippen LogP contribution in [0.5, 0.6) is 0 Å². The van der Waals surface area contributed by atoms with Gasteiger partial charge in [-0.1, -0.05) is 91.0 Å². The molecule has 1 aliphatic heterocycles. The zero-order valence-electron chi connectivity index (χ0n) is 18.6. The first-order valence-electron chi connectivity index (χ1n) is 11.2. The number of benzene rings is 3. The number of aromatic amines is 1. The van der Waals surface area contributed by atoms with E-state index in [1.54, 1.807) is 0 Å². The van der Waals surface area contributed by atoms with E-state index in [9.17, 15) is 0 Å². The maximum Gasteiger partial charge on any atom is 0.137 e. The second-order valence-electron chi connectivity index (χ2n) is 8.12. The minimum atomic E-state index is 0.0527. The molecule has 0 amide bonds. The Hall–Kier alpha value is -4.18. The van der Waals surface area contributed by atoms with E-state index in [0.717, 1.165) is 28.5 Å². The number of aliphatic imine (C=N–C) groups is 1. The van der Waals surface area contributed by atoms with E-state index in [-0.39, 0.29) is 6.04 Å². The topological polar surface area (TPSA) is 44.3 Å². The third kappa shape index (κ3) is 4.70. The summed E-state index contributed by atoms with van der Waals surface area (Å²) in [6.07, 6.45) is 8.83. The zero-order valence-corrected chi connectivity index (χ0v) is 18.6. The second kappa shape index (κ2) is 9.53. The second-order valence-corrected chi connectivity index (χ2v) is 8.12. The van der Waals surface area contributed by atoms with E-state index in [4.69, 9.17) is 9.98 Å². The molecule has 0 unspecified atom stereocenters. The molecule has 3 aromatic carbocycles. The Labute approximate surface area is 194 Å². The van der Waals surface area contributed by atoms with Gasteiger partial charge in [0.25, 0.3) is 0 Å². The number of allylic oxidation sites excluding steroid dienone is 3. The molecule has 4 heteroatoms. The van der Waals surface area contributed by atoms with Crippen LogP contribution in [0.4, 0.5) is 0 Å². The van der Waals surface area contributed by atoms with Gasteiger partial charge in [0.05, 0.1) is 18.1 Å². The number of aromatic nitrogens is 2. The van der Waals surface area contributed by atoms with Crippen LogP contribution in [0.25, 0.3) is 11.4 Å². The van der Waals surface area contributed by atoms with Crippen LogP contribution in [0.1, 0.15) is 28.6 Å². The summed E-state index contributed by atoms with van der Waals surface area (Å²) in [5.41, 5.74) is 6.59. The molecule has 1 aliphatic rings. The number of imidazole rings is 1. The Morgan fingerprint density at radius 1 is 0.818 bits per heavy atom. The van der Waals surface area contributed by atoms with Gasteiger partial charge in [0, 0.05) is 29.6 Å². The number of hydrogen-bond donors (Lipinski definition) is 1. The Morgan fingerprint density at radius 3 is 2.06 bits per heavy atom. The molecule has 1 aromatic heterocycles. The Morgan fingerprint density at radius 2 is 1.42 bits per heavy atom. The van der Waals surface area contributed by atoms with Gasteiger partial charge in [-0.05, 0) is 30.2 Å². The molecule has 1 N–H and O–H groups in total. The van der Waals surface area contributed by atoms with E-state index in [1.165, 1.54) is 11.1 Å². The highest BCUT2D eigenvalue weighted by Gasteiger charge is 2.19. The van der Waals surface area contributed by atoms with Crippen LogP contribution >= 0.6 is 0 Å². The summed E-state index contributed by atoms with van der Waals surface area (Å²) in [5, 5.41) is 0. The van der Waals surface area contributed by atoms with Gasteiger partial charge in [0.2, 0.25) is 0 Å². The molecule has 0 bridgehead atoms. The van der Waals surface area contributed by atoms with Gasteiger partial charge < -0.3 is 9.88 Å². The molecular weight excluding hydrogens is 404 g/mol. The fourth-order valence-corrected chi connectivity index (χ4v) is 4.11. The quantitative estimate of drug-likeness (QED) is 0.382. The third-order valence-corrected chi connectivity index (χ3v) is 5.81. The predicted octanol–water partition coefficient (Wildman–Crippen LogP) is 6.46. The van der Waals surface area contributed by atoms with Crippen molar-refractivity contribution in [3.63, 3.8) is 0 Å². The highest BCUT2D eigenvalue weighted by molar-refractivity contribution is 5.62. The predicted molar refractivity (Wildman–Crippen MR) is 135 cm³/mol. The van der Waals surface area contributed by atoms with Crippen molar-refractivity contribution in [2.45, 2.75) is 19.4 Å². The lowest BCUT2D eigenvalue weighted by Crippen LogP contribution is -2.23. The third-order valence-electron chi connectivity index (χ3n) is 5.81. The zero-order chi connectivity index (χ0) is 22.5. The monoisotopic (exact) mass is 430 g/mol. The summed E-state index contributed by atoms with van der Waals surface area (Å²) in [6.45, 7) is 2.07. The number of nitrogens with zero attached hydrogens (tertiary/aromatic N) is 3. The van der Waals surface area contributed by atoms with E-state index in [1.807, 2.05) is 36.7 Å². The van der Waals surface area contributed by atoms with Gasteiger partial charge in [-0.25, -0.2) is 9.98 Å². The summed E-state index contributed by atoms with van der Waals surface area (Å²) < 4.78 is 0. The largest absolute Gasteiger partial charge is 0.342 e. The Kier molecular flexibility index (Phi) is 5.98. The van der Waals surface area contributed by atoms with E-state index in [0.29, 0.717) is 6.42 Å². The normalized spacial score (nSPS) is 13.3. The lowest BCUT2D eigenvalue weighted by molar-refractivity contribution is 0.484. The molecule has 5 rings (SSSR count). The SMILES string of the molecule is Cc1[nH]c(-c2ccccc2)nc1CC1=CC=CN(C(c2ccccc2)c2ccccc2)C=N1. The molecule has 0 aliphatic carbocycles. The number of rotatable bonds is 6. The van der Waals surface area contributed by atoms with E-state index >= 15 is 0 Å². The molecule has 0 fully saturated rings. The van der Waals surface area contributed by atoms with Crippen LogP contribution in [0.2, 0.25) is 0 Å². The summed E-state index contributed by atoms with van der Waals surface area (Å²) >= 11 is 0. The van der Waals surface area contributed by atoms with Gasteiger partial charge in [-0.15, -0.1) is 0 Å². The van der Waals surface area contributed by atoms with Gasteiger partial charge >= 0.3 is 0 Å².